The number of methoxy groups -OCH3 is 2. The van der Waals surface area contributed by atoms with Crippen molar-refractivity contribution in [1.82, 2.24) is 0 Å². The average Bonchev–Trinajstić information content (AvgIpc) is 2.67. The zero-order chi connectivity index (χ0) is 21.6. The third-order valence-corrected chi connectivity index (χ3v) is 3.88. The lowest BCUT2D eigenvalue weighted by molar-refractivity contribution is -0.384. The molecule has 0 aliphatic rings. The van der Waals surface area contributed by atoms with Crippen molar-refractivity contribution in [2.75, 3.05) is 19.5 Å². The van der Waals surface area contributed by atoms with E-state index in [1.807, 2.05) is 0 Å². The van der Waals surface area contributed by atoms with Gasteiger partial charge in [-0.2, -0.15) is 10.2 Å². The third-order valence-electron chi connectivity index (χ3n) is 3.66. The number of halogens is 1. The maximum atomic E-state index is 12.6. The van der Waals surface area contributed by atoms with Crippen molar-refractivity contribution in [3.63, 3.8) is 0 Å². The number of nitro benzene ring substituents is 1. The Morgan fingerprint density at radius 3 is 2.52 bits per heavy atom. The number of nitrogens with one attached hydrogen (secondary N) is 1. The Bertz CT molecular complexity index is 979. The Labute approximate surface area is 170 Å². The Hall–Kier alpha value is -3.53. The van der Waals surface area contributed by atoms with E-state index >= 15 is 0 Å². The van der Waals surface area contributed by atoms with E-state index in [4.69, 9.17) is 21.1 Å². The van der Waals surface area contributed by atoms with Crippen LogP contribution < -0.4 is 14.8 Å². The molecule has 1 atom stereocenters. The molecule has 2 aromatic rings. The second-order valence-electron chi connectivity index (χ2n) is 5.68. The van der Waals surface area contributed by atoms with Crippen molar-refractivity contribution in [2.45, 2.75) is 13.0 Å². The largest absolute Gasteiger partial charge is 0.493 e. The molecule has 2 aromatic carbocycles. The first-order valence-electron chi connectivity index (χ1n) is 8.15. The van der Waals surface area contributed by atoms with Crippen molar-refractivity contribution >= 4 is 40.4 Å². The second kappa shape index (κ2) is 9.60. The molecular formula is C18H17ClN4O6. The Balaban J connectivity index is 2.29. The molecule has 2 rings (SSSR count). The van der Waals surface area contributed by atoms with Crippen molar-refractivity contribution in [1.29, 1.82) is 0 Å². The molecule has 0 fully saturated rings. The number of ether oxygens (including phenoxy) is 2. The highest BCUT2D eigenvalue weighted by molar-refractivity contribution is 6.31. The fraction of sp³-hybridized carbons (Fsp3) is 0.222. The van der Waals surface area contributed by atoms with Gasteiger partial charge in [0.25, 0.3) is 11.6 Å². The van der Waals surface area contributed by atoms with Crippen LogP contribution in [0.4, 0.5) is 17.1 Å². The zero-order valence-corrected chi connectivity index (χ0v) is 16.5. The Kier molecular flexibility index (Phi) is 7.21. The van der Waals surface area contributed by atoms with E-state index in [1.54, 1.807) is 0 Å². The van der Waals surface area contributed by atoms with Crippen molar-refractivity contribution in [3.8, 4) is 11.5 Å². The van der Waals surface area contributed by atoms with Crippen LogP contribution in [-0.2, 0) is 9.59 Å². The summed E-state index contributed by atoms with van der Waals surface area (Å²) in [6.07, 6.45) is 0. The molecule has 0 aromatic heterocycles. The number of amides is 1. The minimum atomic E-state index is -1.48. The lowest BCUT2D eigenvalue weighted by Gasteiger charge is -2.15. The standard InChI is InChI=1S/C18H17ClN4O6/c1-10(24)16(22-21-12-5-4-6-13(9-12)23(26)27)18(25)20-14-7-11(19)8-15(28-2)17(14)29-3/h4-9,16H,1-3H3,(H,20,25). The van der Waals surface area contributed by atoms with Crippen LogP contribution in [0.3, 0.4) is 0 Å². The number of nitro groups is 1. The van der Waals surface area contributed by atoms with Crippen LogP contribution in [0.1, 0.15) is 6.92 Å². The number of non-ortho nitro benzene ring substituents is 1. The van der Waals surface area contributed by atoms with Crippen LogP contribution in [0.15, 0.2) is 46.6 Å². The topological polar surface area (TPSA) is 132 Å². The zero-order valence-electron chi connectivity index (χ0n) is 15.7. The number of nitrogens with zero attached hydrogens (tertiary/aromatic N) is 3. The average molecular weight is 421 g/mol. The summed E-state index contributed by atoms with van der Waals surface area (Å²) in [7, 11) is 2.79. The SMILES string of the molecule is COc1cc(Cl)cc(NC(=O)C(N=Nc2cccc([N+](=O)[O-])c2)C(C)=O)c1OC. The van der Waals surface area contributed by atoms with Crippen LogP contribution in [0.2, 0.25) is 5.02 Å². The van der Waals surface area contributed by atoms with E-state index in [0.29, 0.717) is 0 Å². The van der Waals surface area contributed by atoms with Gasteiger partial charge in [-0.1, -0.05) is 17.7 Å². The molecule has 0 saturated heterocycles. The van der Waals surface area contributed by atoms with E-state index < -0.39 is 22.7 Å². The summed E-state index contributed by atoms with van der Waals surface area (Å²) in [6.45, 7) is 1.17. The first-order valence-corrected chi connectivity index (χ1v) is 8.52. The summed E-state index contributed by atoms with van der Waals surface area (Å²) < 4.78 is 10.4. The number of benzene rings is 2. The molecular weight excluding hydrogens is 404 g/mol. The molecule has 29 heavy (non-hydrogen) atoms. The van der Waals surface area contributed by atoms with Crippen LogP contribution in [0.25, 0.3) is 0 Å². The number of Topliss-reactive ketones (excluding diaryl/α,β-unsaturated/α-hetero) is 1. The number of hydrogen-bond donors (Lipinski definition) is 1. The van der Waals surface area contributed by atoms with Gasteiger partial charge in [0, 0.05) is 23.2 Å². The van der Waals surface area contributed by atoms with Gasteiger partial charge < -0.3 is 14.8 Å². The van der Waals surface area contributed by atoms with E-state index in [0.717, 1.165) is 0 Å². The normalized spacial score (nSPS) is 11.7. The summed E-state index contributed by atoms with van der Waals surface area (Å²) in [5.74, 6) is -0.866. The van der Waals surface area contributed by atoms with Crippen LogP contribution in [-0.4, -0.2) is 36.9 Å². The number of ketones is 1. The monoisotopic (exact) mass is 420 g/mol. The summed E-state index contributed by atoms with van der Waals surface area (Å²) in [5, 5.41) is 21.2. The number of carbonyl (C=O) groups excluding carboxylic acids is 2. The highest BCUT2D eigenvalue weighted by atomic mass is 35.5. The maximum Gasteiger partial charge on any atom is 0.271 e. The molecule has 0 bridgehead atoms. The van der Waals surface area contributed by atoms with Gasteiger partial charge in [-0.3, -0.25) is 19.7 Å². The summed E-state index contributed by atoms with van der Waals surface area (Å²) >= 11 is 6.01. The highest BCUT2D eigenvalue weighted by Crippen LogP contribution is 2.38. The molecule has 10 nitrogen and oxygen atoms in total. The van der Waals surface area contributed by atoms with E-state index in [9.17, 15) is 19.7 Å². The number of azo groups is 1. The van der Waals surface area contributed by atoms with Gasteiger partial charge in [-0.25, -0.2) is 0 Å². The van der Waals surface area contributed by atoms with Crippen LogP contribution >= 0.6 is 11.6 Å². The van der Waals surface area contributed by atoms with E-state index in [2.05, 4.69) is 15.5 Å². The van der Waals surface area contributed by atoms with E-state index in [-0.39, 0.29) is 33.6 Å². The highest BCUT2D eigenvalue weighted by Gasteiger charge is 2.25. The van der Waals surface area contributed by atoms with E-state index in [1.165, 1.54) is 57.5 Å². The fourth-order valence-corrected chi connectivity index (χ4v) is 2.54. The fourth-order valence-electron chi connectivity index (χ4n) is 2.34. The molecule has 0 spiro atoms. The minimum Gasteiger partial charge on any atom is -0.493 e. The van der Waals surface area contributed by atoms with Crippen LogP contribution in [0, 0.1) is 10.1 Å². The number of rotatable bonds is 8. The lowest BCUT2D eigenvalue weighted by Crippen LogP contribution is -2.32. The predicted molar refractivity (Wildman–Crippen MR) is 105 cm³/mol. The molecule has 0 aliphatic carbocycles. The van der Waals surface area contributed by atoms with Crippen molar-refractivity contribution in [3.05, 3.63) is 51.5 Å². The number of carbonyl (C=O) groups is 2. The second-order valence-corrected chi connectivity index (χ2v) is 6.12. The molecule has 152 valence electrons. The molecule has 1 N–H and O–H groups in total. The van der Waals surface area contributed by atoms with Crippen molar-refractivity contribution in [2.24, 2.45) is 10.2 Å². The van der Waals surface area contributed by atoms with Gasteiger partial charge >= 0.3 is 0 Å². The third kappa shape index (κ3) is 5.48. The Morgan fingerprint density at radius 1 is 1.21 bits per heavy atom. The molecule has 0 radical (unpaired) electrons. The first-order chi connectivity index (χ1) is 13.8. The van der Waals surface area contributed by atoms with Gasteiger partial charge in [-0.15, -0.1) is 0 Å². The number of anilines is 1. The smallest absolute Gasteiger partial charge is 0.271 e. The van der Waals surface area contributed by atoms with Gasteiger partial charge in [-0.05, 0) is 19.1 Å². The van der Waals surface area contributed by atoms with Gasteiger partial charge in [0.2, 0.25) is 6.04 Å². The number of hydrogen-bond acceptors (Lipinski definition) is 8. The van der Waals surface area contributed by atoms with Gasteiger partial charge in [0.1, 0.15) is 0 Å². The van der Waals surface area contributed by atoms with Crippen molar-refractivity contribution < 1.29 is 24.0 Å². The lowest BCUT2D eigenvalue weighted by atomic mass is 10.2. The maximum absolute atomic E-state index is 12.6. The molecule has 11 heteroatoms. The predicted octanol–water partition coefficient (Wildman–Crippen LogP) is 3.95. The minimum absolute atomic E-state index is 0.125. The molecule has 1 unspecified atom stereocenters. The first kappa shape index (κ1) is 21.8. The summed E-state index contributed by atoms with van der Waals surface area (Å²) in [6, 6.07) is 6.77. The molecule has 0 heterocycles. The molecule has 1 amide bonds. The molecule has 0 saturated carbocycles. The Morgan fingerprint density at radius 2 is 1.93 bits per heavy atom. The van der Waals surface area contributed by atoms with Gasteiger partial charge in [0.15, 0.2) is 17.3 Å². The van der Waals surface area contributed by atoms with Gasteiger partial charge in [0.05, 0.1) is 30.5 Å². The van der Waals surface area contributed by atoms with Crippen LogP contribution in [0.5, 0.6) is 11.5 Å². The molecule has 0 aliphatic heterocycles. The summed E-state index contributed by atoms with van der Waals surface area (Å²) in [4.78, 5) is 34.8. The quantitative estimate of drug-likeness (QED) is 0.297. The summed E-state index contributed by atoms with van der Waals surface area (Å²) in [5.41, 5.74) is 0.111.